The van der Waals surface area contributed by atoms with Gasteiger partial charge in [0.25, 0.3) is 5.91 Å². The number of nitrogens with two attached hydrogens (primary N) is 1. The maximum atomic E-state index is 13.0. The van der Waals surface area contributed by atoms with E-state index in [1.807, 2.05) is 30.3 Å². The van der Waals surface area contributed by atoms with Gasteiger partial charge in [-0.25, -0.2) is 4.63 Å². The molecule has 0 fully saturated rings. The molecule has 0 aliphatic heterocycles. The van der Waals surface area contributed by atoms with Gasteiger partial charge in [0, 0.05) is 23.3 Å². The zero-order valence-electron chi connectivity index (χ0n) is 18.6. The van der Waals surface area contributed by atoms with Gasteiger partial charge in [0.1, 0.15) is 0 Å². The maximum absolute atomic E-state index is 13.0. The van der Waals surface area contributed by atoms with Gasteiger partial charge in [0.15, 0.2) is 5.69 Å². The highest BCUT2D eigenvalue weighted by Gasteiger charge is 2.24. The lowest BCUT2D eigenvalue weighted by Crippen LogP contribution is -2.36. The summed E-state index contributed by atoms with van der Waals surface area (Å²) in [4.78, 5) is 25.1. The minimum absolute atomic E-state index is 0.0158. The van der Waals surface area contributed by atoms with Crippen LogP contribution in [0.4, 0.5) is 11.5 Å². The van der Waals surface area contributed by atoms with Crippen molar-refractivity contribution in [3.8, 4) is 5.82 Å². The Morgan fingerprint density at radius 2 is 1.83 bits per heavy atom. The van der Waals surface area contributed by atoms with Crippen molar-refractivity contribution in [1.82, 2.24) is 36.2 Å². The predicted molar refractivity (Wildman–Crippen MR) is 130 cm³/mol. The fourth-order valence-electron chi connectivity index (χ4n) is 3.01. The molecule has 13 heteroatoms. The molecule has 0 bridgehead atoms. The smallest absolute Gasteiger partial charge is 0.292 e. The van der Waals surface area contributed by atoms with Gasteiger partial charge in [-0.05, 0) is 40.1 Å². The average Bonchev–Trinajstić information content (AvgIpc) is 3.47. The molecule has 4 aromatic rings. The number of benzene rings is 2. The summed E-state index contributed by atoms with van der Waals surface area (Å²) in [6, 6.07) is 16.6. The largest absolute Gasteiger partial charge is 0.378 e. The van der Waals surface area contributed by atoms with Gasteiger partial charge in [-0.15, -0.1) is 16.9 Å². The van der Waals surface area contributed by atoms with Crippen LogP contribution in [-0.4, -0.2) is 37.1 Å². The zero-order chi connectivity index (χ0) is 24.8. The second-order valence-electron chi connectivity index (χ2n) is 7.19. The Morgan fingerprint density at radius 1 is 1.09 bits per heavy atom. The lowest BCUT2D eigenvalue weighted by atomic mass is 10.1. The molecule has 0 saturated carbocycles. The van der Waals surface area contributed by atoms with E-state index in [2.05, 4.69) is 48.0 Å². The van der Waals surface area contributed by atoms with Crippen LogP contribution in [0, 0.1) is 0 Å². The van der Waals surface area contributed by atoms with Crippen molar-refractivity contribution in [3.63, 3.8) is 0 Å². The summed E-state index contributed by atoms with van der Waals surface area (Å²) in [5.74, 6) is -0.207. The maximum Gasteiger partial charge on any atom is 0.292 e. The molecule has 2 aromatic carbocycles. The number of hydrazine groups is 1. The lowest BCUT2D eigenvalue weighted by Gasteiger charge is -2.12. The Balaban J connectivity index is 1.49. The topological polar surface area (TPSA) is 166 Å². The van der Waals surface area contributed by atoms with Crippen molar-refractivity contribution in [1.29, 1.82) is 0 Å². The molecule has 0 aliphatic carbocycles. The molecule has 0 radical (unpaired) electrons. The predicted octanol–water partition coefficient (Wildman–Crippen LogP) is 2.39. The van der Waals surface area contributed by atoms with E-state index in [0.29, 0.717) is 28.4 Å². The first kappa shape index (κ1) is 23.5. The van der Waals surface area contributed by atoms with Gasteiger partial charge in [0.05, 0.1) is 11.4 Å². The highest BCUT2D eigenvalue weighted by Crippen LogP contribution is 2.26. The van der Waals surface area contributed by atoms with Crippen molar-refractivity contribution in [3.05, 3.63) is 78.1 Å². The van der Waals surface area contributed by atoms with Crippen LogP contribution in [0.2, 0.25) is 0 Å². The number of thioether (sulfide) groups is 1. The number of rotatable bonds is 9. The van der Waals surface area contributed by atoms with Crippen LogP contribution in [0.5, 0.6) is 0 Å². The number of aromatic nitrogens is 5. The molecule has 12 nitrogen and oxygen atoms in total. The Labute approximate surface area is 203 Å². The summed E-state index contributed by atoms with van der Waals surface area (Å²) < 4.78 is 6.00. The fraction of sp³-hybridized carbons (Fsp3) is 0.0909. The number of nitrogen functional groups attached to an aromatic ring is 1. The molecule has 2 aromatic heterocycles. The first-order chi connectivity index (χ1) is 16.9. The Bertz CT molecular complexity index is 1350. The van der Waals surface area contributed by atoms with Gasteiger partial charge < -0.3 is 11.1 Å². The molecule has 0 unspecified atom stereocenters. The third kappa shape index (κ3) is 5.65. The summed E-state index contributed by atoms with van der Waals surface area (Å²) in [6.45, 7) is 5.36. The van der Waals surface area contributed by atoms with Crippen LogP contribution in [0.3, 0.4) is 0 Å². The van der Waals surface area contributed by atoms with Crippen molar-refractivity contribution in [2.75, 3.05) is 11.1 Å². The normalized spacial score (nSPS) is 10.5. The fourth-order valence-corrected chi connectivity index (χ4v) is 3.92. The van der Waals surface area contributed by atoms with E-state index in [1.54, 1.807) is 24.3 Å². The number of carbonyl (C=O) groups is 2. The summed E-state index contributed by atoms with van der Waals surface area (Å²) in [6.07, 6.45) is 0. The number of anilines is 2. The highest BCUT2D eigenvalue weighted by atomic mass is 32.2. The third-order valence-electron chi connectivity index (χ3n) is 4.67. The molecule has 5 N–H and O–H groups in total. The van der Waals surface area contributed by atoms with Crippen LogP contribution in [-0.2, 0) is 10.5 Å². The monoisotopic (exact) mass is 491 g/mol. The number of nitrogens with one attached hydrogen (secondary N) is 3. The zero-order valence-corrected chi connectivity index (χ0v) is 19.4. The van der Waals surface area contributed by atoms with Gasteiger partial charge in [-0.1, -0.05) is 42.1 Å². The van der Waals surface area contributed by atoms with Crippen LogP contribution in [0.15, 0.2) is 70.7 Å². The Morgan fingerprint density at radius 3 is 2.49 bits per heavy atom. The lowest BCUT2D eigenvalue weighted by molar-refractivity contribution is -0.114. The van der Waals surface area contributed by atoms with Crippen LogP contribution in [0.25, 0.3) is 11.5 Å². The minimum Gasteiger partial charge on any atom is -0.378 e. The van der Waals surface area contributed by atoms with Crippen LogP contribution >= 0.6 is 11.8 Å². The molecule has 178 valence electrons. The van der Waals surface area contributed by atoms with E-state index >= 15 is 0 Å². The first-order valence-electron chi connectivity index (χ1n) is 10.3. The number of amides is 2. The standard InChI is InChI=1S/C22H21N9O3S/c1-13(15-8-10-16(11-9-15)24-14(2)32)25-27-22(33)19-18(12-35-17-6-4-3-5-7-17)31(30-26-19)21-20(23)28-34-29-21/h3-11,25H,1,12H2,2H3,(H2,23,28)(H,24,32)(H,27,33). The van der Waals surface area contributed by atoms with E-state index < -0.39 is 5.91 Å². The van der Waals surface area contributed by atoms with Crippen molar-refractivity contribution >= 4 is 40.8 Å². The summed E-state index contributed by atoms with van der Waals surface area (Å²) in [7, 11) is 0. The van der Waals surface area contributed by atoms with Gasteiger partial charge in [-0.2, -0.15) is 4.68 Å². The molecule has 2 amide bonds. The van der Waals surface area contributed by atoms with Gasteiger partial charge in [-0.3, -0.25) is 20.4 Å². The van der Waals surface area contributed by atoms with Crippen molar-refractivity contribution in [2.45, 2.75) is 17.6 Å². The first-order valence-corrected chi connectivity index (χ1v) is 11.2. The molecule has 35 heavy (non-hydrogen) atoms. The second kappa shape index (κ2) is 10.5. The van der Waals surface area contributed by atoms with Gasteiger partial charge in [0.2, 0.25) is 17.5 Å². The number of hydrogen-bond donors (Lipinski definition) is 4. The molecule has 0 aliphatic rings. The molecule has 4 rings (SSSR count). The number of carbonyl (C=O) groups excluding carboxylic acids is 2. The quantitative estimate of drug-likeness (QED) is 0.202. The van der Waals surface area contributed by atoms with Crippen molar-refractivity contribution in [2.24, 2.45) is 0 Å². The van der Waals surface area contributed by atoms with Crippen LogP contribution in [0.1, 0.15) is 28.7 Å². The highest BCUT2D eigenvalue weighted by molar-refractivity contribution is 7.98. The van der Waals surface area contributed by atoms with E-state index in [-0.39, 0.29) is 23.2 Å². The van der Waals surface area contributed by atoms with Crippen LogP contribution < -0.4 is 21.9 Å². The number of hydrogen-bond acceptors (Lipinski definition) is 10. The van der Waals surface area contributed by atoms with E-state index in [4.69, 9.17) is 5.73 Å². The molecule has 2 heterocycles. The minimum atomic E-state index is -0.536. The van der Waals surface area contributed by atoms with Crippen molar-refractivity contribution < 1.29 is 14.2 Å². The van der Waals surface area contributed by atoms with E-state index in [9.17, 15) is 9.59 Å². The Kier molecular flexibility index (Phi) is 7.07. The SMILES string of the molecule is C=C(NNC(=O)c1nnn(-c2nonc2N)c1CSc1ccccc1)c1ccc(NC(C)=O)cc1. The van der Waals surface area contributed by atoms with E-state index in [0.717, 1.165) is 4.90 Å². The van der Waals surface area contributed by atoms with Gasteiger partial charge >= 0.3 is 0 Å². The Hall–Kier alpha value is -4.65. The summed E-state index contributed by atoms with van der Waals surface area (Å²) in [5.41, 5.74) is 13.5. The third-order valence-corrected chi connectivity index (χ3v) is 5.70. The second-order valence-corrected chi connectivity index (χ2v) is 8.24. The average molecular weight is 492 g/mol. The number of nitrogens with zero attached hydrogens (tertiary/aromatic N) is 5. The molecule has 0 spiro atoms. The van der Waals surface area contributed by atoms with E-state index in [1.165, 1.54) is 23.4 Å². The molecular weight excluding hydrogens is 470 g/mol. The summed E-state index contributed by atoms with van der Waals surface area (Å²) >= 11 is 1.49. The molecular formula is C22H21N9O3S. The molecule has 0 saturated heterocycles. The molecule has 0 atom stereocenters. The summed E-state index contributed by atoms with van der Waals surface area (Å²) in [5, 5.41) is 18.1.